The lowest BCUT2D eigenvalue weighted by atomic mass is 9.91. The van der Waals surface area contributed by atoms with E-state index in [4.69, 9.17) is 19.4 Å². The molecule has 8 aromatic heterocycles. The highest BCUT2D eigenvalue weighted by Crippen LogP contribution is 2.47. The van der Waals surface area contributed by atoms with Crippen molar-refractivity contribution >= 4 is 233 Å². The van der Waals surface area contributed by atoms with Crippen molar-refractivity contribution in [1.29, 1.82) is 0 Å². The van der Waals surface area contributed by atoms with Gasteiger partial charge in [-0.15, -0.1) is 11.3 Å². The van der Waals surface area contributed by atoms with Gasteiger partial charge in [-0.25, -0.2) is 15.0 Å². The van der Waals surface area contributed by atoms with Gasteiger partial charge in [0.15, 0.2) is 0 Å². The Morgan fingerprint density at radius 3 is 0.971 bits per heavy atom. The number of benzene rings is 23. The second kappa shape index (κ2) is 30.3. The van der Waals surface area contributed by atoms with E-state index in [-0.39, 0.29) is 0 Å². The monoisotopic (exact) mass is 1760 g/mol. The zero-order chi connectivity index (χ0) is 89.6. The molecule has 0 saturated carbocycles. The summed E-state index contributed by atoms with van der Waals surface area (Å²) in [6.45, 7) is 0. The first-order valence-corrected chi connectivity index (χ1v) is 47.6. The van der Waals surface area contributed by atoms with Crippen LogP contribution in [0.2, 0.25) is 0 Å². The van der Waals surface area contributed by atoms with Gasteiger partial charge in [0.2, 0.25) is 0 Å². The Morgan fingerprint density at radius 2 is 0.489 bits per heavy atom. The Hall–Kier alpha value is -18.0. The molecule has 8 heteroatoms. The number of aromatic nitrogens is 6. The lowest BCUT2D eigenvalue weighted by molar-refractivity contribution is 0.670. The summed E-state index contributed by atoms with van der Waals surface area (Å²) in [5.41, 5.74) is 29.1. The van der Waals surface area contributed by atoms with Crippen molar-refractivity contribution in [2.45, 2.75) is 0 Å². The van der Waals surface area contributed by atoms with Crippen LogP contribution in [0.3, 0.4) is 0 Å². The molecule has 31 rings (SSSR count). The zero-order valence-electron chi connectivity index (χ0n) is 73.9. The molecule has 7 nitrogen and oxygen atoms in total. The fourth-order valence-electron chi connectivity index (χ4n) is 22.5. The summed E-state index contributed by atoms with van der Waals surface area (Å²) < 4.78 is 16.1. The van der Waals surface area contributed by atoms with E-state index < -0.39 is 0 Å². The summed E-state index contributed by atoms with van der Waals surface area (Å²) in [5.74, 6) is 0. The SMILES string of the molecule is c1cc(-c2ccc3c(c2)c2ccc4ccccc4c2c2nc4ccccc4n32)cc(-c2cccc3c2oc2ccccc23)c1.c1cc(-c2ccc3c4ccccc4c4ccccc4c3c2)cc(-c2ccc3c(c2)c2ccc4ccccc4c2c2nc4ccccc4n32)c1.c1ccc2c(c1)ccc1c3cc(-c4ccc(-c5ccc6sc7ccccc7c6c5)cc4)ccc3n3c4ccccc4nc3c21. The summed E-state index contributed by atoms with van der Waals surface area (Å²) in [4.78, 5) is 15.5. The van der Waals surface area contributed by atoms with Crippen LogP contribution in [-0.2, 0) is 0 Å². The zero-order valence-corrected chi connectivity index (χ0v) is 74.7. The van der Waals surface area contributed by atoms with Crippen molar-refractivity contribution in [3.63, 3.8) is 0 Å². The van der Waals surface area contributed by atoms with Crippen molar-refractivity contribution in [2.24, 2.45) is 0 Å². The van der Waals surface area contributed by atoms with E-state index in [0.29, 0.717) is 0 Å². The van der Waals surface area contributed by atoms with E-state index in [1.807, 2.05) is 23.5 Å². The average molecular weight is 1760 g/mol. The maximum Gasteiger partial charge on any atom is 0.147 e. The van der Waals surface area contributed by atoms with Crippen molar-refractivity contribution in [3.8, 4) is 66.8 Å². The van der Waals surface area contributed by atoms with Crippen LogP contribution in [0.1, 0.15) is 0 Å². The quantitative estimate of drug-likeness (QED) is 0.156. The molecule has 31 aromatic rings. The van der Waals surface area contributed by atoms with Crippen LogP contribution in [-0.4, -0.2) is 28.2 Å². The number of fused-ring (bicyclic) bond motifs is 42. The number of hydrogen-bond acceptors (Lipinski definition) is 5. The van der Waals surface area contributed by atoms with Gasteiger partial charge in [0, 0.05) is 68.8 Å². The highest BCUT2D eigenvalue weighted by Gasteiger charge is 2.24. The number of pyridine rings is 3. The number of nitrogens with zero attached hydrogens (tertiary/aromatic N) is 6. The first-order chi connectivity index (χ1) is 67.9. The first-order valence-electron chi connectivity index (χ1n) is 46.8. The number of para-hydroxylation sites is 8. The highest BCUT2D eigenvalue weighted by molar-refractivity contribution is 7.25. The van der Waals surface area contributed by atoms with Crippen molar-refractivity contribution < 1.29 is 4.42 Å². The summed E-state index contributed by atoms with van der Waals surface area (Å²) in [5, 5.41) is 31.0. The van der Waals surface area contributed by atoms with E-state index in [1.165, 1.54) is 200 Å². The fraction of sp³-hybridized carbons (Fsp3) is 0. The molecule has 8 heterocycles. The van der Waals surface area contributed by atoms with Crippen LogP contribution < -0.4 is 0 Å². The number of rotatable bonds is 6. The maximum absolute atomic E-state index is 6.38. The largest absolute Gasteiger partial charge is 0.455 e. The molecule has 0 fully saturated rings. The third kappa shape index (κ3) is 12.0. The van der Waals surface area contributed by atoms with Gasteiger partial charge in [-0.1, -0.05) is 346 Å². The minimum absolute atomic E-state index is 0.915. The normalized spacial score (nSPS) is 12.1. The van der Waals surface area contributed by atoms with Crippen molar-refractivity contribution in [1.82, 2.24) is 28.2 Å². The van der Waals surface area contributed by atoms with Gasteiger partial charge in [0.25, 0.3) is 0 Å². The Labute approximate surface area is 787 Å². The van der Waals surface area contributed by atoms with Crippen LogP contribution in [0, 0.1) is 0 Å². The molecule has 0 radical (unpaired) electrons. The molecule has 0 bridgehead atoms. The second-order valence-electron chi connectivity index (χ2n) is 36.3. The molecule has 0 atom stereocenters. The van der Waals surface area contributed by atoms with Gasteiger partial charge in [-0.3, -0.25) is 13.2 Å². The summed E-state index contributed by atoms with van der Waals surface area (Å²) in [7, 11) is 0. The minimum atomic E-state index is 0.915. The second-order valence-corrected chi connectivity index (χ2v) is 37.4. The Kier molecular flexibility index (Phi) is 17.0. The summed E-state index contributed by atoms with van der Waals surface area (Å²) in [6, 6.07) is 167. The third-order valence-electron chi connectivity index (χ3n) is 28.8. The predicted molar refractivity (Wildman–Crippen MR) is 581 cm³/mol. The van der Waals surface area contributed by atoms with Gasteiger partial charge in [-0.2, -0.15) is 0 Å². The maximum atomic E-state index is 6.38. The lowest BCUT2D eigenvalue weighted by Gasteiger charge is -2.14. The first kappa shape index (κ1) is 76.7. The smallest absolute Gasteiger partial charge is 0.147 e. The Balaban J connectivity index is 0.0000000996. The number of thiophene rings is 1. The molecule has 0 saturated heterocycles. The molecular formula is C129H76N6OS. The van der Waals surface area contributed by atoms with E-state index in [1.54, 1.807) is 0 Å². The van der Waals surface area contributed by atoms with Gasteiger partial charge >= 0.3 is 0 Å². The molecule has 0 amide bonds. The summed E-state index contributed by atoms with van der Waals surface area (Å²) >= 11 is 1.86. The number of furan rings is 1. The standard InChI is InChI=1S/C47H28N2.C41H24N2O.C41H24N2S/c1-2-13-34-29(10-1)20-24-40-42-28-33(22-25-44(42)49-45-19-8-7-18-43(45)48-47(49)46(34)40)31-12-9-11-30(26-31)32-21-23-39-37-16-4-3-14-35(37)36-15-5-6-17-38(36)41(39)27-32;1-2-12-29-25(9-1)19-21-32-34-24-27(20-22-36(34)43-37-17-5-4-16-35(37)42-41(43)39(29)32)26-10-7-11-28(23-26)30-14-8-15-33-31-13-3-6-18-38(31)44-40(30)33;1-2-8-30-27(7-1)17-20-32-33-23-28(18-21-36(33)43-37-11-5-4-10-35(37)42-41(43)40(30)32)25-13-15-26(16-14-25)29-19-22-39-34(24-29)31-9-3-6-12-38(31)44-39/h1-28H;2*1-24H. The molecule has 0 aliphatic heterocycles. The minimum Gasteiger partial charge on any atom is -0.455 e. The van der Waals surface area contributed by atoms with Gasteiger partial charge in [-0.05, 0) is 257 Å². The molecule has 0 unspecified atom stereocenters. The van der Waals surface area contributed by atoms with Gasteiger partial charge in [0.1, 0.15) is 28.1 Å². The van der Waals surface area contributed by atoms with Crippen LogP contribution in [0.4, 0.5) is 0 Å². The number of imidazole rings is 3. The molecule has 0 aliphatic rings. The molecule has 634 valence electrons. The number of hydrogen-bond donors (Lipinski definition) is 0. The molecule has 0 spiro atoms. The van der Waals surface area contributed by atoms with E-state index in [0.717, 1.165) is 88.6 Å². The van der Waals surface area contributed by atoms with E-state index >= 15 is 0 Å². The fourth-order valence-corrected chi connectivity index (χ4v) is 23.6. The average Bonchev–Trinajstić information content (AvgIpc) is 1.60. The predicted octanol–water partition coefficient (Wildman–Crippen LogP) is 35.6. The van der Waals surface area contributed by atoms with Gasteiger partial charge in [0.05, 0.1) is 49.7 Å². The Morgan fingerprint density at radius 1 is 0.175 bits per heavy atom. The van der Waals surface area contributed by atoms with Crippen LogP contribution in [0.25, 0.3) is 289 Å². The highest BCUT2D eigenvalue weighted by atomic mass is 32.1. The lowest BCUT2D eigenvalue weighted by Crippen LogP contribution is -1.93. The molecule has 0 N–H and O–H groups in total. The molecule has 137 heavy (non-hydrogen) atoms. The van der Waals surface area contributed by atoms with Crippen molar-refractivity contribution in [2.75, 3.05) is 0 Å². The van der Waals surface area contributed by atoms with Crippen LogP contribution in [0.5, 0.6) is 0 Å². The van der Waals surface area contributed by atoms with Crippen LogP contribution in [0.15, 0.2) is 465 Å². The van der Waals surface area contributed by atoms with E-state index in [9.17, 15) is 0 Å². The molecule has 0 aliphatic carbocycles. The molecule has 23 aromatic carbocycles. The molecular weight excluding hydrogens is 1680 g/mol. The van der Waals surface area contributed by atoms with Crippen molar-refractivity contribution in [3.05, 3.63) is 461 Å². The third-order valence-corrected chi connectivity index (χ3v) is 30.0. The topological polar surface area (TPSA) is 65.0 Å². The van der Waals surface area contributed by atoms with Crippen LogP contribution >= 0.6 is 11.3 Å². The van der Waals surface area contributed by atoms with Gasteiger partial charge < -0.3 is 4.42 Å². The summed E-state index contributed by atoms with van der Waals surface area (Å²) in [6.07, 6.45) is 0. The van der Waals surface area contributed by atoms with E-state index in [2.05, 4.69) is 462 Å². The Bertz CT molecular complexity index is 10600.